The summed E-state index contributed by atoms with van der Waals surface area (Å²) in [5.41, 5.74) is 4.86. The molecule has 2 N–H and O–H groups in total. The molecule has 2 nitrogen and oxygen atoms in total. The van der Waals surface area contributed by atoms with E-state index < -0.39 is 11.7 Å². The van der Waals surface area contributed by atoms with Gasteiger partial charge >= 0.3 is 6.18 Å². The molecule has 0 unspecified atom stereocenters. The molecular weight excluding hydrogens is 205 g/mol. The molecule has 0 fully saturated rings. The highest BCUT2D eigenvalue weighted by Gasteiger charge is 2.34. The fourth-order valence-corrected chi connectivity index (χ4v) is 1.45. The number of halogens is 3. The van der Waals surface area contributed by atoms with Gasteiger partial charge in [0.05, 0.1) is 0 Å². The molecule has 0 atom stereocenters. The van der Waals surface area contributed by atoms with E-state index in [9.17, 15) is 13.2 Å². The van der Waals surface area contributed by atoms with Crippen LogP contribution in [0, 0.1) is 0 Å². The van der Waals surface area contributed by atoms with E-state index in [-0.39, 0.29) is 6.42 Å². The quantitative estimate of drug-likeness (QED) is 0.733. The number of alkyl halides is 3. The maximum absolute atomic E-state index is 12.3. The summed E-state index contributed by atoms with van der Waals surface area (Å²) in [6.45, 7) is 1.96. The Bertz CT molecular complexity index is 256. The summed E-state index contributed by atoms with van der Waals surface area (Å²) >= 11 is 0. The number of nitrogens with zero attached hydrogens (tertiary/aromatic N) is 1. The van der Waals surface area contributed by atoms with Crippen molar-refractivity contribution in [2.75, 3.05) is 26.2 Å². The van der Waals surface area contributed by atoms with Crippen LogP contribution in [0.4, 0.5) is 13.2 Å². The van der Waals surface area contributed by atoms with Crippen molar-refractivity contribution in [3.8, 4) is 0 Å². The van der Waals surface area contributed by atoms with E-state index in [0.29, 0.717) is 26.2 Å². The van der Waals surface area contributed by atoms with Crippen LogP contribution in [-0.2, 0) is 0 Å². The first-order valence-electron chi connectivity index (χ1n) is 4.87. The van der Waals surface area contributed by atoms with Gasteiger partial charge in [0.15, 0.2) is 0 Å². The van der Waals surface area contributed by atoms with Crippen LogP contribution in [0.2, 0.25) is 0 Å². The predicted molar refractivity (Wildman–Crippen MR) is 53.4 cm³/mol. The summed E-state index contributed by atoms with van der Waals surface area (Å²) in [5, 5.41) is 0. The van der Waals surface area contributed by atoms with Gasteiger partial charge < -0.3 is 5.73 Å². The maximum Gasteiger partial charge on any atom is 0.412 e. The Labute approximate surface area is 87.2 Å². The van der Waals surface area contributed by atoms with Gasteiger partial charge in [0.2, 0.25) is 0 Å². The molecule has 0 aliphatic carbocycles. The standard InChI is InChI=1S/C10H15F3N2/c11-10(12,13)9-3-7-15(8-4-9)6-2-1-5-14/h1-3H,4-8,14H2/b2-1+. The Morgan fingerprint density at radius 3 is 2.60 bits per heavy atom. The first-order valence-corrected chi connectivity index (χ1v) is 4.87. The highest BCUT2D eigenvalue weighted by Crippen LogP contribution is 2.29. The van der Waals surface area contributed by atoms with E-state index in [0.717, 1.165) is 0 Å². The van der Waals surface area contributed by atoms with Crippen molar-refractivity contribution in [2.45, 2.75) is 12.6 Å². The van der Waals surface area contributed by atoms with E-state index in [1.807, 2.05) is 17.1 Å². The van der Waals surface area contributed by atoms with Gasteiger partial charge in [-0.05, 0) is 6.42 Å². The molecule has 1 rings (SSSR count). The lowest BCUT2D eigenvalue weighted by Gasteiger charge is -2.25. The predicted octanol–water partition coefficient (Wildman–Crippen LogP) is 1.70. The summed E-state index contributed by atoms with van der Waals surface area (Å²) in [6, 6.07) is 0. The van der Waals surface area contributed by atoms with Crippen LogP contribution < -0.4 is 5.73 Å². The van der Waals surface area contributed by atoms with Gasteiger partial charge in [0.25, 0.3) is 0 Å². The SMILES string of the molecule is NC/C=C/CN1CC=C(C(F)(F)F)CC1. The van der Waals surface area contributed by atoms with Crippen molar-refractivity contribution in [3.05, 3.63) is 23.8 Å². The molecular formula is C10H15F3N2. The van der Waals surface area contributed by atoms with Crippen molar-refractivity contribution in [1.82, 2.24) is 4.90 Å². The molecule has 1 heterocycles. The average molecular weight is 220 g/mol. The fourth-order valence-electron chi connectivity index (χ4n) is 1.45. The molecule has 1 aliphatic rings. The Balaban J connectivity index is 2.41. The highest BCUT2D eigenvalue weighted by molar-refractivity contribution is 5.13. The van der Waals surface area contributed by atoms with Crippen molar-refractivity contribution in [2.24, 2.45) is 5.73 Å². The molecule has 86 valence electrons. The van der Waals surface area contributed by atoms with Crippen molar-refractivity contribution in [1.29, 1.82) is 0 Å². The summed E-state index contributed by atoms with van der Waals surface area (Å²) < 4.78 is 36.8. The van der Waals surface area contributed by atoms with Crippen LogP contribution in [0.5, 0.6) is 0 Å². The highest BCUT2D eigenvalue weighted by atomic mass is 19.4. The Morgan fingerprint density at radius 2 is 2.13 bits per heavy atom. The van der Waals surface area contributed by atoms with Crippen LogP contribution in [0.1, 0.15) is 6.42 Å². The van der Waals surface area contributed by atoms with Crippen LogP contribution in [0.25, 0.3) is 0 Å². The van der Waals surface area contributed by atoms with E-state index in [2.05, 4.69) is 0 Å². The molecule has 0 radical (unpaired) electrons. The first kappa shape index (κ1) is 12.3. The molecule has 0 aromatic carbocycles. The minimum atomic E-state index is -4.15. The first-order chi connectivity index (χ1) is 7.04. The molecule has 5 heteroatoms. The largest absolute Gasteiger partial charge is 0.412 e. The second-order valence-corrected chi connectivity index (χ2v) is 3.44. The Morgan fingerprint density at radius 1 is 1.40 bits per heavy atom. The lowest BCUT2D eigenvalue weighted by molar-refractivity contribution is -0.0959. The van der Waals surface area contributed by atoms with Gasteiger partial charge in [-0.3, -0.25) is 4.90 Å². The van der Waals surface area contributed by atoms with E-state index in [1.54, 1.807) is 0 Å². The zero-order valence-electron chi connectivity index (χ0n) is 8.43. The van der Waals surface area contributed by atoms with E-state index in [4.69, 9.17) is 5.73 Å². The Kier molecular flexibility index (Phi) is 4.35. The minimum absolute atomic E-state index is 0.0833. The number of hydrogen-bond acceptors (Lipinski definition) is 2. The van der Waals surface area contributed by atoms with Gasteiger partial charge in [0.1, 0.15) is 0 Å². The molecule has 15 heavy (non-hydrogen) atoms. The van der Waals surface area contributed by atoms with Gasteiger partial charge in [-0.15, -0.1) is 0 Å². The smallest absolute Gasteiger partial charge is 0.327 e. The Hall–Kier alpha value is -0.810. The maximum atomic E-state index is 12.3. The van der Waals surface area contributed by atoms with Crippen LogP contribution in [-0.4, -0.2) is 37.3 Å². The zero-order chi connectivity index (χ0) is 11.3. The number of rotatable bonds is 3. The lowest BCUT2D eigenvalue weighted by atomic mass is 10.1. The van der Waals surface area contributed by atoms with Gasteiger partial charge in [-0.25, -0.2) is 0 Å². The summed E-state index contributed by atoms with van der Waals surface area (Å²) in [7, 11) is 0. The molecule has 1 aliphatic heterocycles. The second kappa shape index (κ2) is 5.32. The van der Waals surface area contributed by atoms with Crippen LogP contribution in [0.15, 0.2) is 23.8 Å². The summed E-state index contributed by atoms with van der Waals surface area (Å²) in [6.07, 6.45) is 0.883. The third-order valence-corrected chi connectivity index (χ3v) is 2.32. The molecule has 0 saturated heterocycles. The van der Waals surface area contributed by atoms with Gasteiger partial charge in [-0.2, -0.15) is 13.2 Å². The second-order valence-electron chi connectivity index (χ2n) is 3.44. The van der Waals surface area contributed by atoms with Crippen LogP contribution >= 0.6 is 0 Å². The average Bonchev–Trinajstić information content (AvgIpc) is 2.18. The van der Waals surface area contributed by atoms with Crippen molar-refractivity contribution in [3.63, 3.8) is 0 Å². The van der Waals surface area contributed by atoms with Gasteiger partial charge in [0, 0.05) is 31.8 Å². The summed E-state index contributed by atoms with van der Waals surface area (Å²) in [4.78, 5) is 1.95. The normalized spacial score (nSPS) is 19.6. The molecule has 0 aromatic heterocycles. The molecule has 0 amide bonds. The molecule has 0 aromatic rings. The van der Waals surface area contributed by atoms with E-state index >= 15 is 0 Å². The van der Waals surface area contributed by atoms with Crippen molar-refractivity contribution >= 4 is 0 Å². The molecule has 0 saturated carbocycles. The fraction of sp³-hybridized carbons (Fsp3) is 0.600. The van der Waals surface area contributed by atoms with Crippen LogP contribution in [0.3, 0.4) is 0 Å². The third-order valence-electron chi connectivity index (χ3n) is 2.32. The van der Waals surface area contributed by atoms with E-state index in [1.165, 1.54) is 6.08 Å². The third kappa shape index (κ3) is 4.05. The monoisotopic (exact) mass is 220 g/mol. The minimum Gasteiger partial charge on any atom is -0.327 e. The van der Waals surface area contributed by atoms with Crippen molar-refractivity contribution < 1.29 is 13.2 Å². The number of hydrogen-bond donors (Lipinski definition) is 1. The molecule has 0 spiro atoms. The zero-order valence-corrected chi connectivity index (χ0v) is 8.43. The topological polar surface area (TPSA) is 29.3 Å². The lowest BCUT2D eigenvalue weighted by Crippen LogP contribution is -2.32. The van der Waals surface area contributed by atoms with Gasteiger partial charge in [-0.1, -0.05) is 18.2 Å². The summed E-state index contributed by atoms with van der Waals surface area (Å²) in [5.74, 6) is 0. The number of nitrogens with two attached hydrogens (primary N) is 1. The molecule has 0 bridgehead atoms.